The van der Waals surface area contributed by atoms with Gasteiger partial charge in [-0.1, -0.05) is 18.2 Å². The lowest BCUT2D eigenvalue weighted by Gasteiger charge is -2.40. The van der Waals surface area contributed by atoms with E-state index >= 15 is 0 Å². The van der Waals surface area contributed by atoms with Gasteiger partial charge in [-0.05, 0) is 30.3 Å². The highest BCUT2D eigenvalue weighted by Gasteiger charge is 2.54. The number of carbonyl (C=O) groups excluding carboxylic acids is 5. The minimum absolute atomic E-state index is 0.0259. The Morgan fingerprint density at radius 2 is 1.68 bits per heavy atom. The lowest BCUT2D eigenvalue weighted by molar-refractivity contribution is -0.245. The van der Waals surface area contributed by atoms with Gasteiger partial charge < -0.3 is 37.9 Å². The van der Waals surface area contributed by atoms with E-state index in [0.29, 0.717) is 34.3 Å². The number of rotatable bonds is 8. The topological polar surface area (TPSA) is 159 Å². The number of carbonyl (C=O) groups is 5. The van der Waals surface area contributed by atoms with Gasteiger partial charge in [-0.3, -0.25) is 19.2 Å². The minimum Gasteiger partial charge on any atom is -0.497 e. The van der Waals surface area contributed by atoms with Crippen LogP contribution in [0.5, 0.6) is 23.0 Å². The van der Waals surface area contributed by atoms with Crippen LogP contribution in [-0.2, 0) is 43.7 Å². The zero-order valence-corrected chi connectivity index (χ0v) is 25.8. The van der Waals surface area contributed by atoms with E-state index in [4.69, 9.17) is 37.9 Å². The van der Waals surface area contributed by atoms with Crippen LogP contribution in [0.2, 0.25) is 0 Å². The molecule has 3 aliphatic heterocycles. The van der Waals surface area contributed by atoms with Crippen molar-refractivity contribution in [1.29, 1.82) is 0 Å². The predicted molar refractivity (Wildman–Crippen MR) is 158 cm³/mol. The molecular weight excluding hydrogens is 616 g/mol. The lowest BCUT2D eigenvalue weighted by Crippen LogP contribution is -2.54. The third kappa shape index (κ3) is 5.63. The molecule has 244 valence electrons. The average Bonchev–Trinajstić information content (AvgIpc) is 3.33. The van der Waals surface area contributed by atoms with Crippen molar-refractivity contribution in [2.45, 2.75) is 57.4 Å². The summed E-state index contributed by atoms with van der Waals surface area (Å²) >= 11 is 0. The molecule has 3 heterocycles. The molecule has 47 heavy (non-hydrogen) atoms. The van der Waals surface area contributed by atoms with Gasteiger partial charge in [-0.25, -0.2) is 4.79 Å². The maximum Gasteiger partial charge on any atom is 0.340 e. The van der Waals surface area contributed by atoms with E-state index < -0.39 is 54.1 Å². The molecule has 2 unspecified atom stereocenters. The van der Waals surface area contributed by atoms with Gasteiger partial charge >= 0.3 is 23.9 Å². The Kier molecular flexibility index (Phi) is 8.32. The number of hydrogen-bond acceptors (Lipinski definition) is 13. The van der Waals surface area contributed by atoms with Crippen molar-refractivity contribution in [3.63, 3.8) is 0 Å². The minimum atomic E-state index is -1.45. The molecule has 1 saturated heterocycles. The summed E-state index contributed by atoms with van der Waals surface area (Å²) in [7, 11) is 1.50. The van der Waals surface area contributed by atoms with Gasteiger partial charge in [0.15, 0.2) is 18.0 Å². The third-order valence-electron chi connectivity index (χ3n) is 8.02. The molecule has 1 spiro atoms. The third-order valence-corrected chi connectivity index (χ3v) is 8.02. The van der Waals surface area contributed by atoms with E-state index in [1.165, 1.54) is 33.9 Å². The zero-order chi connectivity index (χ0) is 33.5. The summed E-state index contributed by atoms with van der Waals surface area (Å²) in [5.41, 5.74) is 0.363. The van der Waals surface area contributed by atoms with Crippen molar-refractivity contribution in [3.8, 4) is 23.0 Å². The van der Waals surface area contributed by atoms with Gasteiger partial charge in [-0.2, -0.15) is 0 Å². The molecule has 6 rings (SSSR count). The second kappa shape index (κ2) is 12.4. The Morgan fingerprint density at radius 3 is 2.38 bits per heavy atom. The molecule has 13 nitrogen and oxygen atoms in total. The quantitative estimate of drug-likeness (QED) is 0.197. The van der Waals surface area contributed by atoms with E-state index in [2.05, 4.69) is 0 Å². The maximum atomic E-state index is 13.2. The number of fused-ring (bicyclic) bond motifs is 6. The van der Waals surface area contributed by atoms with E-state index in [9.17, 15) is 24.0 Å². The number of benzene rings is 3. The van der Waals surface area contributed by atoms with Crippen LogP contribution in [0.25, 0.3) is 0 Å². The monoisotopic (exact) mass is 646 g/mol. The van der Waals surface area contributed by atoms with Crippen LogP contribution in [0.15, 0.2) is 54.6 Å². The van der Waals surface area contributed by atoms with Crippen LogP contribution in [0.3, 0.4) is 0 Å². The van der Waals surface area contributed by atoms with Crippen molar-refractivity contribution in [2.24, 2.45) is 0 Å². The molecule has 0 radical (unpaired) electrons. The molecule has 0 saturated carbocycles. The zero-order valence-electron chi connectivity index (χ0n) is 25.8. The van der Waals surface area contributed by atoms with Crippen LogP contribution >= 0.6 is 0 Å². The molecule has 3 aromatic rings. The van der Waals surface area contributed by atoms with Crippen molar-refractivity contribution in [3.05, 3.63) is 82.4 Å². The van der Waals surface area contributed by atoms with Crippen LogP contribution in [0.4, 0.5) is 0 Å². The van der Waals surface area contributed by atoms with Crippen molar-refractivity contribution < 1.29 is 61.9 Å². The Hall–Kier alpha value is -5.43. The van der Waals surface area contributed by atoms with E-state index in [-0.39, 0.29) is 35.8 Å². The summed E-state index contributed by atoms with van der Waals surface area (Å²) in [6.07, 6.45) is -3.98. The maximum absolute atomic E-state index is 13.2. The number of hydrogen-bond donors (Lipinski definition) is 0. The Bertz CT molecular complexity index is 1780. The fourth-order valence-corrected chi connectivity index (χ4v) is 6.17. The van der Waals surface area contributed by atoms with Gasteiger partial charge in [0.05, 0.1) is 24.7 Å². The highest BCUT2D eigenvalue weighted by atomic mass is 16.7. The first-order chi connectivity index (χ1) is 22.5. The molecule has 0 aromatic heterocycles. The normalized spacial score (nSPS) is 23.6. The molecule has 3 aromatic carbocycles. The SMILES string of the molecule is COc1ccc2c(c1)Oc1c(ccc(OC3C[C@@H](OC(C)=O)[C@@H](OC(C)=O)[C@@H](COC(C)=O)O3)c1C=O)C21OC(=O)c2ccccc21. The summed E-state index contributed by atoms with van der Waals surface area (Å²) in [6.45, 7) is 3.23. The Labute approximate surface area is 268 Å². The Balaban J connectivity index is 1.42. The summed E-state index contributed by atoms with van der Waals surface area (Å²) in [4.78, 5) is 61.5. The van der Waals surface area contributed by atoms with Gasteiger partial charge in [0.2, 0.25) is 6.29 Å². The summed E-state index contributed by atoms with van der Waals surface area (Å²) in [6, 6.07) is 15.2. The Morgan fingerprint density at radius 1 is 0.936 bits per heavy atom. The fraction of sp³-hybridized carbons (Fsp3) is 0.324. The average molecular weight is 647 g/mol. The molecular formula is C34H30O13. The molecule has 0 bridgehead atoms. The van der Waals surface area contributed by atoms with Crippen LogP contribution < -0.4 is 14.2 Å². The first kappa shape index (κ1) is 31.5. The molecule has 0 amide bonds. The summed E-state index contributed by atoms with van der Waals surface area (Å²) in [5.74, 6) is -1.62. The second-order valence-electron chi connectivity index (χ2n) is 11.0. The van der Waals surface area contributed by atoms with Crippen LogP contribution in [-0.4, -0.2) is 68.5 Å². The molecule has 0 N–H and O–H groups in total. The van der Waals surface area contributed by atoms with Crippen LogP contribution in [0.1, 0.15) is 64.6 Å². The molecule has 5 atom stereocenters. The second-order valence-corrected chi connectivity index (χ2v) is 11.0. The lowest BCUT2D eigenvalue weighted by atomic mass is 9.77. The number of aldehydes is 1. The van der Waals surface area contributed by atoms with E-state index in [0.717, 1.165) is 0 Å². The van der Waals surface area contributed by atoms with Gasteiger partial charge in [0, 0.05) is 43.5 Å². The fourth-order valence-electron chi connectivity index (χ4n) is 6.17. The molecule has 1 fully saturated rings. The standard InChI is InChI=1S/C34H30O13/c1-17(36)41-16-29-32(43-19(3)38)28(42-18(2)37)14-30(45-29)44-26-12-11-25-31(22(26)15-35)46-27-13-20(40-4)9-10-24(27)34(25)23-8-6-5-7-21(23)33(39)47-34/h5-13,15,28-30,32H,14,16H2,1-4H3/t28-,29-,30?,32-,34?/m1/s1. The van der Waals surface area contributed by atoms with Gasteiger partial charge in [0.25, 0.3) is 0 Å². The van der Waals surface area contributed by atoms with E-state index in [1.807, 2.05) is 0 Å². The molecule has 3 aliphatic rings. The van der Waals surface area contributed by atoms with Crippen LogP contribution in [0, 0.1) is 0 Å². The largest absolute Gasteiger partial charge is 0.497 e. The highest BCUT2D eigenvalue weighted by molar-refractivity contribution is 5.97. The first-order valence-corrected chi connectivity index (χ1v) is 14.7. The number of methoxy groups -OCH3 is 1. The van der Waals surface area contributed by atoms with Gasteiger partial charge in [-0.15, -0.1) is 0 Å². The molecule has 0 aliphatic carbocycles. The summed E-state index contributed by atoms with van der Waals surface area (Å²) < 4.78 is 46.1. The predicted octanol–water partition coefficient (Wildman–Crippen LogP) is 4.00. The number of ether oxygens (including phenoxy) is 8. The summed E-state index contributed by atoms with van der Waals surface area (Å²) in [5, 5.41) is 0. The highest BCUT2D eigenvalue weighted by Crippen LogP contribution is 2.58. The van der Waals surface area contributed by atoms with Crippen molar-refractivity contribution >= 4 is 30.2 Å². The molecule has 13 heteroatoms. The van der Waals surface area contributed by atoms with Gasteiger partial charge in [0.1, 0.15) is 41.8 Å². The number of esters is 4. The smallest absolute Gasteiger partial charge is 0.340 e. The van der Waals surface area contributed by atoms with Crippen molar-refractivity contribution in [2.75, 3.05) is 13.7 Å². The van der Waals surface area contributed by atoms with Crippen molar-refractivity contribution in [1.82, 2.24) is 0 Å². The first-order valence-electron chi connectivity index (χ1n) is 14.7. The van der Waals surface area contributed by atoms with E-state index in [1.54, 1.807) is 48.5 Å².